The zero-order valence-corrected chi connectivity index (χ0v) is 10.5. The van der Waals surface area contributed by atoms with Crippen LogP contribution in [0.1, 0.15) is 25.3 Å². The van der Waals surface area contributed by atoms with Gasteiger partial charge in [0.1, 0.15) is 0 Å². The average Bonchev–Trinajstić information content (AvgIpc) is 2.42. The maximum atomic E-state index is 13.1. The predicted octanol–water partition coefficient (Wildman–Crippen LogP) is 3.90. The van der Waals surface area contributed by atoms with E-state index in [1.165, 1.54) is 0 Å². The molecule has 2 rings (SSSR count). The van der Waals surface area contributed by atoms with Crippen molar-refractivity contribution in [2.24, 2.45) is 0 Å². The maximum absolute atomic E-state index is 13.1. The monoisotopic (exact) mass is 266 g/mol. The molecule has 0 N–H and O–H groups in total. The van der Waals surface area contributed by atoms with E-state index in [0.717, 1.165) is 37.0 Å². The first-order valence-corrected chi connectivity index (χ1v) is 6.07. The third-order valence-electron chi connectivity index (χ3n) is 2.77. The van der Waals surface area contributed by atoms with E-state index >= 15 is 0 Å². The minimum absolute atomic E-state index is 0.124. The summed E-state index contributed by atoms with van der Waals surface area (Å²) < 4.78 is 39.0. The average molecular weight is 266 g/mol. The molecule has 19 heavy (non-hydrogen) atoms. The van der Waals surface area contributed by atoms with Crippen LogP contribution in [0.25, 0.3) is 11.4 Å². The summed E-state index contributed by atoms with van der Waals surface area (Å²) in [6, 6.07) is 1.78. The molecule has 0 spiro atoms. The molecule has 1 heterocycles. The number of aryl methyl sites for hydroxylation is 1. The third kappa shape index (κ3) is 3.10. The van der Waals surface area contributed by atoms with Crippen molar-refractivity contribution < 1.29 is 13.2 Å². The van der Waals surface area contributed by atoms with Gasteiger partial charge in [0.15, 0.2) is 23.3 Å². The number of rotatable bonds is 4. The molecule has 0 aliphatic heterocycles. The van der Waals surface area contributed by atoms with E-state index < -0.39 is 17.5 Å². The molecule has 0 fully saturated rings. The number of halogens is 3. The van der Waals surface area contributed by atoms with E-state index in [-0.39, 0.29) is 11.4 Å². The van der Waals surface area contributed by atoms with Gasteiger partial charge in [0.2, 0.25) is 0 Å². The summed E-state index contributed by atoms with van der Waals surface area (Å²) in [5, 5.41) is 0. The second-order valence-corrected chi connectivity index (χ2v) is 4.27. The molecular formula is C14H13F3N2. The minimum atomic E-state index is -1.48. The maximum Gasteiger partial charge on any atom is 0.194 e. The molecule has 2 nitrogen and oxygen atoms in total. The van der Waals surface area contributed by atoms with Crippen LogP contribution < -0.4 is 0 Å². The predicted molar refractivity (Wildman–Crippen MR) is 66.0 cm³/mol. The zero-order valence-electron chi connectivity index (χ0n) is 10.5. The largest absolute Gasteiger partial charge is 0.236 e. The summed E-state index contributed by atoms with van der Waals surface area (Å²) in [4.78, 5) is 8.09. The van der Waals surface area contributed by atoms with Crippen molar-refractivity contribution in [3.63, 3.8) is 0 Å². The lowest BCUT2D eigenvalue weighted by Gasteiger charge is -2.03. The molecule has 0 saturated carbocycles. The smallest absolute Gasteiger partial charge is 0.194 e. The molecular weight excluding hydrogens is 253 g/mol. The summed E-state index contributed by atoms with van der Waals surface area (Å²) in [5.41, 5.74) is 1.09. The van der Waals surface area contributed by atoms with Gasteiger partial charge in [0.25, 0.3) is 0 Å². The fourth-order valence-corrected chi connectivity index (χ4v) is 1.70. The van der Waals surface area contributed by atoms with E-state index in [2.05, 4.69) is 16.9 Å². The summed E-state index contributed by atoms with van der Waals surface area (Å²) >= 11 is 0. The van der Waals surface area contributed by atoms with Crippen molar-refractivity contribution in [2.75, 3.05) is 0 Å². The SMILES string of the molecule is CCCCc1cnc(-c2cc(F)c(F)c(F)c2)nc1. The Labute approximate surface area is 109 Å². The van der Waals surface area contributed by atoms with Crippen molar-refractivity contribution in [2.45, 2.75) is 26.2 Å². The Morgan fingerprint density at radius 2 is 1.58 bits per heavy atom. The molecule has 0 aliphatic carbocycles. The third-order valence-corrected chi connectivity index (χ3v) is 2.77. The van der Waals surface area contributed by atoms with Crippen LogP contribution in [0.3, 0.4) is 0 Å². The lowest BCUT2D eigenvalue weighted by molar-refractivity contribution is 0.447. The summed E-state index contributed by atoms with van der Waals surface area (Å²) in [6.07, 6.45) is 6.20. The second kappa shape index (κ2) is 5.82. The molecule has 0 radical (unpaired) electrons. The molecule has 5 heteroatoms. The van der Waals surface area contributed by atoms with Gasteiger partial charge in [-0.05, 0) is 30.5 Å². The Balaban J connectivity index is 2.27. The first kappa shape index (κ1) is 13.5. The van der Waals surface area contributed by atoms with Crippen LogP contribution in [0, 0.1) is 17.5 Å². The quantitative estimate of drug-likeness (QED) is 0.784. The van der Waals surface area contributed by atoms with Crippen molar-refractivity contribution in [1.29, 1.82) is 0 Å². The van der Waals surface area contributed by atoms with Gasteiger partial charge in [0, 0.05) is 18.0 Å². The zero-order chi connectivity index (χ0) is 13.8. The first-order chi connectivity index (χ1) is 9.11. The standard InChI is InChI=1S/C14H13F3N2/c1-2-3-4-9-7-18-14(19-8-9)10-5-11(15)13(17)12(16)6-10/h5-8H,2-4H2,1H3. The van der Waals surface area contributed by atoms with Crippen LogP contribution in [-0.2, 0) is 6.42 Å². The van der Waals surface area contributed by atoms with Crippen LogP contribution in [0.2, 0.25) is 0 Å². The van der Waals surface area contributed by atoms with Crippen LogP contribution >= 0.6 is 0 Å². The Kier molecular flexibility index (Phi) is 4.14. The lowest BCUT2D eigenvalue weighted by atomic mass is 10.1. The van der Waals surface area contributed by atoms with Crippen LogP contribution in [0.4, 0.5) is 13.2 Å². The van der Waals surface area contributed by atoms with Gasteiger partial charge in [0.05, 0.1) is 0 Å². The number of hydrogen-bond donors (Lipinski definition) is 0. The fraction of sp³-hybridized carbons (Fsp3) is 0.286. The molecule has 1 aromatic heterocycles. The summed E-state index contributed by atoms with van der Waals surface area (Å²) in [6.45, 7) is 2.08. The number of unbranched alkanes of at least 4 members (excludes halogenated alkanes) is 1. The molecule has 0 amide bonds. The molecule has 0 saturated heterocycles. The first-order valence-electron chi connectivity index (χ1n) is 6.07. The molecule has 2 aromatic rings. The highest BCUT2D eigenvalue weighted by atomic mass is 19.2. The van der Waals surface area contributed by atoms with E-state index in [4.69, 9.17) is 0 Å². The lowest BCUT2D eigenvalue weighted by Crippen LogP contribution is -1.96. The van der Waals surface area contributed by atoms with Gasteiger partial charge in [-0.15, -0.1) is 0 Å². The van der Waals surface area contributed by atoms with Gasteiger partial charge in [-0.25, -0.2) is 23.1 Å². The Morgan fingerprint density at radius 3 is 2.11 bits per heavy atom. The Hall–Kier alpha value is -1.91. The molecule has 0 bridgehead atoms. The fourth-order valence-electron chi connectivity index (χ4n) is 1.70. The van der Waals surface area contributed by atoms with Crippen molar-refractivity contribution in [1.82, 2.24) is 9.97 Å². The normalized spacial score (nSPS) is 10.7. The Bertz CT molecular complexity index is 544. The number of benzene rings is 1. The van der Waals surface area contributed by atoms with Crippen LogP contribution in [0.5, 0.6) is 0 Å². The molecule has 0 unspecified atom stereocenters. The number of aromatic nitrogens is 2. The molecule has 1 aromatic carbocycles. The highest BCUT2D eigenvalue weighted by molar-refractivity contribution is 5.54. The number of nitrogens with zero attached hydrogens (tertiary/aromatic N) is 2. The van der Waals surface area contributed by atoms with Crippen LogP contribution in [0.15, 0.2) is 24.5 Å². The van der Waals surface area contributed by atoms with E-state index in [9.17, 15) is 13.2 Å². The van der Waals surface area contributed by atoms with Crippen molar-refractivity contribution >= 4 is 0 Å². The molecule has 0 atom stereocenters. The van der Waals surface area contributed by atoms with Gasteiger partial charge in [-0.1, -0.05) is 13.3 Å². The highest BCUT2D eigenvalue weighted by Gasteiger charge is 2.12. The minimum Gasteiger partial charge on any atom is -0.236 e. The van der Waals surface area contributed by atoms with Gasteiger partial charge in [-0.3, -0.25) is 0 Å². The van der Waals surface area contributed by atoms with Gasteiger partial charge >= 0.3 is 0 Å². The number of hydrogen-bond acceptors (Lipinski definition) is 2. The second-order valence-electron chi connectivity index (χ2n) is 4.27. The summed E-state index contributed by atoms with van der Waals surface area (Å²) in [5.74, 6) is -3.79. The summed E-state index contributed by atoms with van der Waals surface area (Å²) in [7, 11) is 0. The van der Waals surface area contributed by atoms with Gasteiger partial charge in [-0.2, -0.15) is 0 Å². The Morgan fingerprint density at radius 1 is 1.00 bits per heavy atom. The van der Waals surface area contributed by atoms with Crippen molar-refractivity contribution in [3.8, 4) is 11.4 Å². The van der Waals surface area contributed by atoms with E-state index in [0.29, 0.717) is 0 Å². The van der Waals surface area contributed by atoms with Crippen LogP contribution in [-0.4, -0.2) is 9.97 Å². The topological polar surface area (TPSA) is 25.8 Å². The molecule has 0 aliphatic rings. The van der Waals surface area contributed by atoms with Crippen molar-refractivity contribution in [3.05, 3.63) is 47.5 Å². The highest BCUT2D eigenvalue weighted by Crippen LogP contribution is 2.20. The van der Waals surface area contributed by atoms with E-state index in [1.54, 1.807) is 12.4 Å². The van der Waals surface area contributed by atoms with Gasteiger partial charge < -0.3 is 0 Å². The van der Waals surface area contributed by atoms with E-state index in [1.807, 2.05) is 0 Å². The molecule has 100 valence electrons.